The molecule has 0 saturated carbocycles. The van der Waals surface area contributed by atoms with Crippen LogP contribution in [0.15, 0.2) is 11.4 Å². The standard InChI is InChI=1S/C13H20N2O2S/c1-10(16)15-12-5-7-18-13(12)9-14-8-11-4-2-3-6-17-11/h5,7,11,14H,2-4,6,8-9H2,1H3,(H,15,16). The van der Waals surface area contributed by atoms with Crippen molar-refractivity contribution in [2.75, 3.05) is 18.5 Å². The molecule has 0 radical (unpaired) electrons. The maximum absolute atomic E-state index is 11.0. The fourth-order valence-electron chi connectivity index (χ4n) is 2.09. The predicted molar refractivity (Wildman–Crippen MR) is 73.9 cm³/mol. The molecule has 0 spiro atoms. The second-order valence-corrected chi connectivity index (χ2v) is 5.56. The smallest absolute Gasteiger partial charge is 0.221 e. The summed E-state index contributed by atoms with van der Waals surface area (Å²) in [5, 5.41) is 8.25. The Hall–Kier alpha value is -0.910. The number of carbonyl (C=O) groups is 1. The Kier molecular flexibility index (Phi) is 5.16. The van der Waals surface area contributed by atoms with Gasteiger partial charge in [0.05, 0.1) is 11.8 Å². The number of thiophene rings is 1. The summed E-state index contributed by atoms with van der Waals surface area (Å²) in [6, 6.07) is 1.94. The van der Waals surface area contributed by atoms with Gasteiger partial charge >= 0.3 is 0 Å². The normalized spacial score (nSPS) is 19.7. The minimum absolute atomic E-state index is 0.0229. The summed E-state index contributed by atoms with van der Waals surface area (Å²) in [6.45, 7) is 4.10. The number of hydrogen-bond donors (Lipinski definition) is 2. The summed E-state index contributed by atoms with van der Waals surface area (Å²) in [7, 11) is 0. The lowest BCUT2D eigenvalue weighted by Gasteiger charge is -2.22. The second-order valence-electron chi connectivity index (χ2n) is 4.56. The first-order chi connectivity index (χ1) is 8.75. The van der Waals surface area contributed by atoms with E-state index in [2.05, 4.69) is 10.6 Å². The van der Waals surface area contributed by atoms with E-state index in [1.165, 1.54) is 24.6 Å². The number of hydrogen-bond acceptors (Lipinski definition) is 4. The molecule has 100 valence electrons. The Morgan fingerprint density at radius 2 is 2.44 bits per heavy atom. The van der Waals surface area contributed by atoms with E-state index >= 15 is 0 Å². The van der Waals surface area contributed by atoms with Crippen molar-refractivity contribution >= 4 is 22.9 Å². The summed E-state index contributed by atoms with van der Waals surface area (Å²) in [5.41, 5.74) is 0.921. The van der Waals surface area contributed by atoms with E-state index in [9.17, 15) is 4.79 Å². The Morgan fingerprint density at radius 1 is 1.56 bits per heavy atom. The van der Waals surface area contributed by atoms with Crippen LogP contribution in [-0.2, 0) is 16.1 Å². The van der Waals surface area contributed by atoms with Crippen LogP contribution in [0.25, 0.3) is 0 Å². The van der Waals surface area contributed by atoms with Crippen molar-refractivity contribution in [1.29, 1.82) is 0 Å². The molecule has 5 heteroatoms. The third kappa shape index (κ3) is 4.08. The molecular weight excluding hydrogens is 248 g/mol. The quantitative estimate of drug-likeness (QED) is 0.862. The van der Waals surface area contributed by atoms with E-state index in [-0.39, 0.29) is 5.91 Å². The summed E-state index contributed by atoms with van der Waals surface area (Å²) >= 11 is 1.66. The van der Waals surface area contributed by atoms with E-state index < -0.39 is 0 Å². The number of carbonyl (C=O) groups excluding carboxylic acids is 1. The van der Waals surface area contributed by atoms with Crippen molar-refractivity contribution in [1.82, 2.24) is 5.32 Å². The maximum Gasteiger partial charge on any atom is 0.221 e. The third-order valence-electron chi connectivity index (χ3n) is 2.99. The van der Waals surface area contributed by atoms with Crippen molar-refractivity contribution in [3.8, 4) is 0 Å². The molecule has 1 aliphatic rings. The molecule has 1 aliphatic heterocycles. The monoisotopic (exact) mass is 268 g/mol. The Morgan fingerprint density at radius 3 is 3.17 bits per heavy atom. The maximum atomic E-state index is 11.0. The highest BCUT2D eigenvalue weighted by Crippen LogP contribution is 2.22. The number of ether oxygens (including phenoxy) is 1. The molecule has 1 unspecified atom stereocenters. The van der Waals surface area contributed by atoms with Crippen molar-refractivity contribution in [3.63, 3.8) is 0 Å². The molecule has 1 aromatic heterocycles. The zero-order valence-corrected chi connectivity index (χ0v) is 11.5. The van der Waals surface area contributed by atoms with E-state index in [0.29, 0.717) is 6.10 Å². The van der Waals surface area contributed by atoms with Crippen molar-refractivity contribution in [2.24, 2.45) is 0 Å². The zero-order chi connectivity index (χ0) is 12.8. The lowest BCUT2D eigenvalue weighted by atomic mass is 10.1. The van der Waals surface area contributed by atoms with E-state index in [4.69, 9.17) is 4.74 Å². The van der Waals surface area contributed by atoms with Crippen LogP contribution in [0.2, 0.25) is 0 Å². The zero-order valence-electron chi connectivity index (χ0n) is 10.7. The first kappa shape index (κ1) is 13.5. The van der Waals surface area contributed by atoms with E-state index in [1.54, 1.807) is 11.3 Å². The first-order valence-electron chi connectivity index (χ1n) is 6.42. The van der Waals surface area contributed by atoms with Crippen LogP contribution in [0.4, 0.5) is 5.69 Å². The van der Waals surface area contributed by atoms with Crippen LogP contribution >= 0.6 is 11.3 Å². The van der Waals surface area contributed by atoms with Crippen LogP contribution in [0.3, 0.4) is 0 Å². The van der Waals surface area contributed by atoms with Crippen molar-refractivity contribution in [3.05, 3.63) is 16.3 Å². The Labute approximate surface area is 112 Å². The van der Waals surface area contributed by atoms with Gasteiger partial charge in [-0.3, -0.25) is 4.79 Å². The molecule has 0 bridgehead atoms. The van der Waals surface area contributed by atoms with Gasteiger partial charge in [0, 0.05) is 31.5 Å². The van der Waals surface area contributed by atoms with Crippen LogP contribution < -0.4 is 10.6 Å². The minimum Gasteiger partial charge on any atom is -0.377 e. The lowest BCUT2D eigenvalue weighted by molar-refractivity contribution is -0.114. The molecule has 2 heterocycles. The summed E-state index contributed by atoms with van der Waals surface area (Å²) in [4.78, 5) is 12.2. The molecule has 2 rings (SSSR count). The number of anilines is 1. The van der Waals surface area contributed by atoms with Gasteiger partial charge in [-0.25, -0.2) is 0 Å². The van der Waals surface area contributed by atoms with E-state index in [1.807, 2.05) is 11.4 Å². The predicted octanol–water partition coefficient (Wildman–Crippen LogP) is 2.37. The average molecular weight is 268 g/mol. The van der Waals surface area contributed by atoms with Crippen LogP contribution in [0.5, 0.6) is 0 Å². The average Bonchev–Trinajstić information content (AvgIpc) is 2.77. The van der Waals surface area contributed by atoms with Gasteiger partial charge in [0.1, 0.15) is 0 Å². The largest absolute Gasteiger partial charge is 0.377 e. The van der Waals surface area contributed by atoms with Gasteiger partial charge in [-0.1, -0.05) is 0 Å². The fourth-order valence-corrected chi connectivity index (χ4v) is 2.89. The molecule has 18 heavy (non-hydrogen) atoms. The molecule has 2 N–H and O–H groups in total. The molecular formula is C13H20N2O2S. The van der Waals surface area contributed by atoms with Crippen LogP contribution in [0.1, 0.15) is 31.1 Å². The fraction of sp³-hybridized carbons (Fsp3) is 0.615. The molecule has 1 saturated heterocycles. The van der Waals surface area contributed by atoms with Gasteiger partial charge in [0.25, 0.3) is 0 Å². The number of amides is 1. The molecule has 1 fully saturated rings. The Bertz CT molecular complexity index is 386. The number of rotatable bonds is 5. The molecule has 0 aromatic carbocycles. The minimum atomic E-state index is -0.0229. The summed E-state index contributed by atoms with van der Waals surface area (Å²) in [6.07, 6.45) is 3.95. The number of nitrogens with one attached hydrogen (secondary N) is 2. The van der Waals surface area contributed by atoms with Gasteiger partial charge < -0.3 is 15.4 Å². The second kappa shape index (κ2) is 6.87. The Balaban J connectivity index is 1.75. The highest BCUT2D eigenvalue weighted by atomic mass is 32.1. The third-order valence-corrected chi connectivity index (χ3v) is 3.91. The highest BCUT2D eigenvalue weighted by molar-refractivity contribution is 7.10. The molecule has 4 nitrogen and oxygen atoms in total. The summed E-state index contributed by atoms with van der Waals surface area (Å²) < 4.78 is 5.66. The SMILES string of the molecule is CC(=O)Nc1ccsc1CNCC1CCCCO1. The molecule has 1 aromatic rings. The van der Waals surface area contributed by atoms with Crippen molar-refractivity contribution < 1.29 is 9.53 Å². The van der Waals surface area contributed by atoms with E-state index in [0.717, 1.165) is 31.8 Å². The van der Waals surface area contributed by atoms with Gasteiger partial charge in [0.2, 0.25) is 5.91 Å². The first-order valence-corrected chi connectivity index (χ1v) is 7.30. The van der Waals surface area contributed by atoms with Gasteiger partial charge in [-0.2, -0.15) is 0 Å². The molecule has 1 amide bonds. The van der Waals surface area contributed by atoms with Gasteiger partial charge in [-0.05, 0) is 30.7 Å². The highest BCUT2D eigenvalue weighted by Gasteiger charge is 2.13. The van der Waals surface area contributed by atoms with Crippen LogP contribution in [-0.4, -0.2) is 25.2 Å². The van der Waals surface area contributed by atoms with Gasteiger partial charge in [-0.15, -0.1) is 11.3 Å². The molecule has 1 atom stereocenters. The van der Waals surface area contributed by atoms with Gasteiger partial charge in [0.15, 0.2) is 0 Å². The van der Waals surface area contributed by atoms with Crippen LogP contribution in [0, 0.1) is 0 Å². The molecule has 0 aliphatic carbocycles. The summed E-state index contributed by atoms with van der Waals surface area (Å²) in [5.74, 6) is -0.0229. The lowest BCUT2D eigenvalue weighted by Crippen LogP contribution is -2.31. The topological polar surface area (TPSA) is 50.4 Å². The van der Waals surface area contributed by atoms with Crippen molar-refractivity contribution in [2.45, 2.75) is 38.8 Å².